The molecule has 0 amide bonds. The minimum Gasteiger partial charge on any atom is -0.482 e. The standard InChI is InChI=1S/C16H18O6/c17-8-12-13(18)14(19)15(16(20)22-12)21-11-7-3-5-9-4-1-2-6-10(9)11/h1-7,12-20H,8H2/t12-,13+,14+,15-,16?/m1/s1. The highest BCUT2D eigenvalue weighted by molar-refractivity contribution is 5.88. The van der Waals surface area contributed by atoms with Crippen LogP contribution in [0.1, 0.15) is 0 Å². The zero-order valence-electron chi connectivity index (χ0n) is 11.7. The molecule has 2 aromatic carbocycles. The van der Waals surface area contributed by atoms with Crippen molar-refractivity contribution in [2.45, 2.75) is 30.7 Å². The van der Waals surface area contributed by atoms with Crippen LogP contribution in [0, 0.1) is 0 Å². The molecule has 5 atom stereocenters. The molecule has 4 N–H and O–H groups in total. The van der Waals surface area contributed by atoms with Crippen LogP contribution in [-0.2, 0) is 4.74 Å². The molecule has 2 aromatic rings. The molecular weight excluding hydrogens is 288 g/mol. The van der Waals surface area contributed by atoms with Gasteiger partial charge >= 0.3 is 0 Å². The monoisotopic (exact) mass is 306 g/mol. The van der Waals surface area contributed by atoms with Gasteiger partial charge in [0.15, 0.2) is 12.4 Å². The topological polar surface area (TPSA) is 99.4 Å². The number of hydrogen-bond acceptors (Lipinski definition) is 6. The molecule has 22 heavy (non-hydrogen) atoms. The lowest BCUT2D eigenvalue weighted by Gasteiger charge is -2.39. The van der Waals surface area contributed by atoms with Crippen LogP contribution in [0.4, 0.5) is 0 Å². The minimum absolute atomic E-state index is 0.472. The molecule has 118 valence electrons. The van der Waals surface area contributed by atoms with E-state index in [1.165, 1.54) is 0 Å². The third kappa shape index (κ3) is 2.67. The van der Waals surface area contributed by atoms with Gasteiger partial charge in [0.1, 0.15) is 24.1 Å². The Kier molecular flexibility index (Phi) is 4.28. The Labute approximate surface area is 127 Å². The Bertz CT molecular complexity index is 640. The average Bonchev–Trinajstić information content (AvgIpc) is 2.55. The molecule has 0 aliphatic carbocycles. The number of aliphatic hydroxyl groups excluding tert-OH is 4. The largest absolute Gasteiger partial charge is 0.482 e. The van der Waals surface area contributed by atoms with Crippen LogP contribution in [0.5, 0.6) is 5.75 Å². The zero-order valence-corrected chi connectivity index (χ0v) is 11.7. The van der Waals surface area contributed by atoms with Gasteiger partial charge in [-0.3, -0.25) is 0 Å². The van der Waals surface area contributed by atoms with Crippen LogP contribution in [-0.4, -0.2) is 57.7 Å². The molecule has 6 heteroatoms. The second kappa shape index (κ2) is 6.20. The maximum Gasteiger partial charge on any atom is 0.195 e. The molecule has 1 heterocycles. The number of aliphatic hydroxyl groups is 4. The van der Waals surface area contributed by atoms with Crippen LogP contribution < -0.4 is 4.74 Å². The van der Waals surface area contributed by atoms with Crippen molar-refractivity contribution in [3.8, 4) is 5.75 Å². The number of benzene rings is 2. The van der Waals surface area contributed by atoms with E-state index in [1.807, 2.05) is 30.3 Å². The van der Waals surface area contributed by atoms with E-state index in [1.54, 1.807) is 12.1 Å². The first-order valence-electron chi connectivity index (χ1n) is 7.07. The van der Waals surface area contributed by atoms with Crippen LogP contribution in [0.25, 0.3) is 10.8 Å². The van der Waals surface area contributed by atoms with Gasteiger partial charge in [-0.15, -0.1) is 0 Å². The summed E-state index contributed by atoms with van der Waals surface area (Å²) in [6.07, 6.45) is -6.36. The first kappa shape index (κ1) is 15.2. The molecule has 6 nitrogen and oxygen atoms in total. The van der Waals surface area contributed by atoms with Crippen molar-refractivity contribution >= 4 is 10.8 Å². The van der Waals surface area contributed by atoms with Crippen molar-refractivity contribution in [1.29, 1.82) is 0 Å². The molecule has 1 aliphatic rings. The molecule has 0 bridgehead atoms. The summed E-state index contributed by atoms with van der Waals surface area (Å²) in [6.45, 7) is -0.504. The number of rotatable bonds is 3. The predicted octanol–water partition coefficient (Wildman–Crippen LogP) is 0.0185. The average molecular weight is 306 g/mol. The van der Waals surface area contributed by atoms with Crippen molar-refractivity contribution in [2.24, 2.45) is 0 Å². The first-order chi connectivity index (χ1) is 10.6. The summed E-state index contributed by atoms with van der Waals surface area (Å²) >= 11 is 0. The third-order valence-corrected chi connectivity index (χ3v) is 3.86. The van der Waals surface area contributed by atoms with E-state index in [-0.39, 0.29) is 0 Å². The van der Waals surface area contributed by atoms with Crippen LogP contribution in [0.15, 0.2) is 42.5 Å². The molecule has 1 fully saturated rings. The highest BCUT2D eigenvalue weighted by atomic mass is 16.7. The smallest absolute Gasteiger partial charge is 0.195 e. The molecule has 3 rings (SSSR count). The van der Waals surface area contributed by atoms with Crippen molar-refractivity contribution in [2.75, 3.05) is 6.61 Å². The van der Waals surface area contributed by atoms with Gasteiger partial charge < -0.3 is 29.9 Å². The van der Waals surface area contributed by atoms with Gasteiger partial charge in [-0.25, -0.2) is 0 Å². The van der Waals surface area contributed by atoms with Gasteiger partial charge in [0.25, 0.3) is 0 Å². The van der Waals surface area contributed by atoms with Gasteiger partial charge in [0, 0.05) is 5.39 Å². The van der Waals surface area contributed by atoms with Crippen molar-refractivity contribution in [3.63, 3.8) is 0 Å². The van der Waals surface area contributed by atoms with Gasteiger partial charge in [0.05, 0.1) is 6.61 Å². The SMILES string of the molecule is OC[C@H]1OC(O)[C@H](Oc2cccc3ccccc23)[C@@H](O)[C@H]1O. The van der Waals surface area contributed by atoms with E-state index in [2.05, 4.69) is 0 Å². The van der Waals surface area contributed by atoms with E-state index >= 15 is 0 Å². The predicted molar refractivity (Wildman–Crippen MR) is 78.3 cm³/mol. The second-order valence-corrected chi connectivity index (χ2v) is 5.29. The third-order valence-electron chi connectivity index (χ3n) is 3.86. The zero-order chi connectivity index (χ0) is 15.7. The Morgan fingerprint density at radius 2 is 1.68 bits per heavy atom. The lowest BCUT2D eigenvalue weighted by Crippen LogP contribution is -2.60. The summed E-state index contributed by atoms with van der Waals surface area (Å²) in [4.78, 5) is 0. The summed E-state index contributed by atoms with van der Waals surface area (Å²) < 4.78 is 10.8. The fourth-order valence-electron chi connectivity index (χ4n) is 2.64. The highest BCUT2D eigenvalue weighted by Gasteiger charge is 2.45. The maximum absolute atomic E-state index is 10.1. The normalized spacial score (nSPS) is 32.1. The Hall–Kier alpha value is -1.70. The molecule has 0 spiro atoms. The lowest BCUT2D eigenvalue weighted by molar-refractivity contribution is -0.280. The van der Waals surface area contributed by atoms with E-state index in [0.717, 1.165) is 10.8 Å². The Balaban J connectivity index is 1.88. The molecule has 1 unspecified atom stereocenters. The number of hydrogen-bond donors (Lipinski definition) is 4. The molecule has 1 aliphatic heterocycles. The summed E-state index contributed by atoms with van der Waals surface area (Å²) in [5.74, 6) is 0.472. The maximum atomic E-state index is 10.1. The molecule has 0 aromatic heterocycles. The van der Waals surface area contributed by atoms with E-state index in [4.69, 9.17) is 14.6 Å². The minimum atomic E-state index is -1.45. The fraction of sp³-hybridized carbons (Fsp3) is 0.375. The number of fused-ring (bicyclic) bond motifs is 1. The quantitative estimate of drug-likeness (QED) is 0.638. The van der Waals surface area contributed by atoms with Crippen molar-refractivity contribution < 1.29 is 29.9 Å². The molecule has 1 saturated heterocycles. The molecule has 0 radical (unpaired) electrons. The van der Waals surface area contributed by atoms with E-state index in [9.17, 15) is 15.3 Å². The fourth-order valence-corrected chi connectivity index (χ4v) is 2.64. The van der Waals surface area contributed by atoms with Crippen LogP contribution in [0.2, 0.25) is 0 Å². The second-order valence-electron chi connectivity index (χ2n) is 5.29. The summed E-state index contributed by atoms with van der Waals surface area (Å²) in [5.41, 5.74) is 0. The molecule has 0 saturated carbocycles. The Morgan fingerprint density at radius 1 is 0.955 bits per heavy atom. The molecular formula is C16H18O6. The van der Waals surface area contributed by atoms with Gasteiger partial charge in [0.2, 0.25) is 0 Å². The van der Waals surface area contributed by atoms with E-state index < -0.39 is 37.3 Å². The van der Waals surface area contributed by atoms with Crippen LogP contribution in [0.3, 0.4) is 0 Å². The first-order valence-corrected chi connectivity index (χ1v) is 7.07. The highest BCUT2D eigenvalue weighted by Crippen LogP contribution is 2.29. The van der Waals surface area contributed by atoms with Crippen molar-refractivity contribution in [1.82, 2.24) is 0 Å². The summed E-state index contributed by atoms with van der Waals surface area (Å²) in [7, 11) is 0. The van der Waals surface area contributed by atoms with Gasteiger partial charge in [-0.05, 0) is 11.5 Å². The van der Waals surface area contributed by atoms with Crippen LogP contribution >= 0.6 is 0 Å². The Morgan fingerprint density at radius 3 is 2.45 bits per heavy atom. The lowest BCUT2D eigenvalue weighted by atomic mass is 9.99. The summed E-state index contributed by atoms with van der Waals surface area (Å²) in [6, 6.07) is 13.0. The summed E-state index contributed by atoms with van der Waals surface area (Å²) in [5, 5.41) is 40.8. The van der Waals surface area contributed by atoms with Gasteiger partial charge in [-0.2, -0.15) is 0 Å². The van der Waals surface area contributed by atoms with E-state index in [0.29, 0.717) is 5.75 Å². The number of ether oxygens (including phenoxy) is 2. The van der Waals surface area contributed by atoms with Gasteiger partial charge in [-0.1, -0.05) is 36.4 Å². The van der Waals surface area contributed by atoms with Crippen molar-refractivity contribution in [3.05, 3.63) is 42.5 Å².